The Morgan fingerprint density at radius 3 is 3.13 bits per heavy atom. The molecular weight excluding hydrogens is 212 g/mol. The Kier molecular flexibility index (Phi) is 3.35. The fraction of sp³-hybridized carbons (Fsp3) is 0.273. The number of hydrogen-bond acceptors (Lipinski definition) is 3. The maximum atomic E-state index is 5.56. The number of aromatic nitrogens is 2. The molecule has 1 heterocycles. The molecule has 0 spiro atoms. The molecular formula is C11H11ClN2O. The van der Waals surface area contributed by atoms with Crippen molar-refractivity contribution in [3.63, 3.8) is 0 Å². The van der Waals surface area contributed by atoms with Gasteiger partial charge < -0.3 is 4.74 Å². The number of alkyl halides is 1. The summed E-state index contributed by atoms with van der Waals surface area (Å²) in [6, 6.07) is 5.76. The number of benzene rings is 1. The van der Waals surface area contributed by atoms with Crippen LogP contribution in [-0.2, 0) is 0 Å². The van der Waals surface area contributed by atoms with E-state index in [1.165, 1.54) is 6.33 Å². The average Bonchev–Trinajstić information content (AvgIpc) is 2.29. The molecule has 3 nitrogen and oxygen atoms in total. The van der Waals surface area contributed by atoms with Crippen molar-refractivity contribution in [1.82, 2.24) is 9.97 Å². The van der Waals surface area contributed by atoms with E-state index < -0.39 is 0 Å². The van der Waals surface area contributed by atoms with Gasteiger partial charge >= 0.3 is 0 Å². The molecule has 0 unspecified atom stereocenters. The first-order chi connectivity index (χ1) is 7.40. The molecule has 0 fully saturated rings. The quantitative estimate of drug-likeness (QED) is 0.589. The maximum Gasteiger partial charge on any atom is 0.120 e. The first kappa shape index (κ1) is 10.2. The van der Waals surface area contributed by atoms with E-state index in [1.807, 2.05) is 18.2 Å². The van der Waals surface area contributed by atoms with Crippen LogP contribution in [0.15, 0.2) is 30.7 Å². The van der Waals surface area contributed by atoms with Crippen molar-refractivity contribution in [1.29, 1.82) is 0 Å². The Bertz CT molecular complexity index is 447. The first-order valence-corrected chi connectivity index (χ1v) is 5.32. The molecule has 0 aliphatic heterocycles. The van der Waals surface area contributed by atoms with Crippen LogP contribution >= 0.6 is 11.6 Å². The molecule has 4 heteroatoms. The average molecular weight is 223 g/mol. The second kappa shape index (κ2) is 4.94. The van der Waals surface area contributed by atoms with Crippen LogP contribution in [0.3, 0.4) is 0 Å². The third-order valence-corrected chi connectivity index (χ3v) is 2.29. The summed E-state index contributed by atoms with van der Waals surface area (Å²) in [6.45, 7) is 0.642. The number of ether oxygens (including phenoxy) is 1. The van der Waals surface area contributed by atoms with Crippen molar-refractivity contribution in [3.05, 3.63) is 30.7 Å². The molecule has 0 radical (unpaired) electrons. The summed E-state index contributed by atoms with van der Waals surface area (Å²) in [5, 5.41) is 0.987. The van der Waals surface area contributed by atoms with Crippen LogP contribution in [0, 0.1) is 0 Å². The van der Waals surface area contributed by atoms with Crippen molar-refractivity contribution in [2.45, 2.75) is 6.42 Å². The molecule has 0 saturated carbocycles. The molecule has 15 heavy (non-hydrogen) atoms. The summed E-state index contributed by atoms with van der Waals surface area (Å²) in [4.78, 5) is 8.09. The lowest BCUT2D eigenvalue weighted by Gasteiger charge is -2.05. The topological polar surface area (TPSA) is 35.0 Å². The van der Waals surface area contributed by atoms with Crippen LogP contribution in [0.1, 0.15) is 6.42 Å². The highest BCUT2D eigenvalue weighted by molar-refractivity contribution is 6.17. The van der Waals surface area contributed by atoms with Gasteiger partial charge in [0, 0.05) is 17.5 Å². The number of hydrogen-bond donors (Lipinski definition) is 0. The Labute approximate surface area is 93.1 Å². The lowest BCUT2D eigenvalue weighted by atomic mass is 10.2. The molecule has 0 bridgehead atoms. The molecule has 78 valence electrons. The van der Waals surface area contributed by atoms with E-state index in [0.717, 1.165) is 23.1 Å². The van der Waals surface area contributed by atoms with Crippen LogP contribution in [-0.4, -0.2) is 22.5 Å². The molecule has 0 aliphatic rings. The fourth-order valence-corrected chi connectivity index (χ4v) is 1.41. The van der Waals surface area contributed by atoms with Crippen LogP contribution < -0.4 is 4.74 Å². The van der Waals surface area contributed by atoms with Gasteiger partial charge in [0.15, 0.2) is 0 Å². The van der Waals surface area contributed by atoms with Crippen molar-refractivity contribution >= 4 is 22.5 Å². The van der Waals surface area contributed by atoms with E-state index >= 15 is 0 Å². The zero-order chi connectivity index (χ0) is 10.5. The van der Waals surface area contributed by atoms with Gasteiger partial charge in [-0.2, -0.15) is 0 Å². The van der Waals surface area contributed by atoms with Crippen molar-refractivity contribution in [2.75, 3.05) is 12.5 Å². The van der Waals surface area contributed by atoms with Gasteiger partial charge in [-0.15, -0.1) is 11.6 Å². The predicted molar refractivity (Wildman–Crippen MR) is 60.4 cm³/mol. The summed E-state index contributed by atoms with van der Waals surface area (Å²) in [5.74, 6) is 1.46. The predicted octanol–water partition coefficient (Wildman–Crippen LogP) is 2.64. The monoisotopic (exact) mass is 222 g/mol. The SMILES string of the molecule is ClCCCOc1ccc2ncncc2c1. The molecule has 0 aliphatic carbocycles. The smallest absolute Gasteiger partial charge is 0.120 e. The number of fused-ring (bicyclic) bond motifs is 1. The van der Waals surface area contributed by atoms with Gasteiger partial charge in [-0.25, -0.2) is 9.97 Å². The maximum absolute atomic E-state index is 5.56. The van der Waals surface area contributed by atoms with Crippen LogP contribution in [0.5, 0.6) is 5.75 Å². The largest absolute Gasteiger partial charge is 0.494 e. The minimum Gasteiger partial charge on any atom is -0.494 e. The normalized spacial score (nSPS) is 10.5. The van der Waals surface area contributed by atoms with E-state index in [9.17, 15) is 0 Å². The van der Waals surface area contributed by atoms with Crippen molar-refractivity contribution in [2.24, 2.45) is 0 Å². The molecule has 0 atom stereocenters. The van der Waals surface area contributed by atoms with Gasteiger partial charge in [-0.1, -0.05) is 0 Å². The van der Waals surface area contributed by atoms with Crippen LogP contribution in [0.2, 0.25) is 0 Å². The fourth-order valence-electron chi connectivity index (χ4n) is 1.30. The minimum absolute atomic E-state index is 0.622. The van der Waals surface area contributed by atoms with Crippen molar-refractivity contribution < 1.29 is 4.74 Å². The zero-order valence-electron chi connectivity index (χ0n) is 8.19. The second-order valence-corrected chi connectivity index (χ2v) is 3.51. The molecule has 0 amide bonds. The number of halogens is 1. The van der Waals surface area contributed by atoms with Gasteiger partial charge in [-0.3, -0.25) is 0 Å². The van der Waals surface area contributed by atoms with E-state index in [1.54, 1.807) is 6.20 Å². The molecule has 0 N–H and O–H groups in total. The van der Waals surface area contributed by atoms with E-state index in [-0.39, 0.29) is 0 Å². The van der Waals surface area contributed by atoms with Gasteiger partial charge in [0.1, 0.15) is 12.1 Å². The summed E-state index contributed by atoms with van der Waals surface area (Å²) in [5.41, 5.74) is 0.926. The van der Waals surface area contributed by atoms with Crippen LogP contribution in [0.25, 0.3) is 10.9 Å². The summed E-state index contributed by atoms with van der Waals surface area (Å²) >= 11 is 5.56. The molecule has 0 saturated heterocycles. The molecule has 2 aromatic rings. The van der Waals surface area contributed by atoms with E-state index in [4.69, 9.17) is 16.3 Å². The second-order valence-electron chi connectivity index (χ2n) is 3.13. The third-order valence-electron chi connectivity index (χ3n) is 2.02. The molecule has 1 aromatic heterocycles. The van der Waals surface area contributed by atoms with Gasteiger partial charge in [-0.05, 0) is 24.6 Å². The summed E-state index contributed by atoms with van der Waals surface area (Å²) in [7, 11) is 0. The Hall–Kier alpha value is -1.35. The van der Waals surface area contributed by atoms with Gasteiger partial charge in [0.25, 0.3) is 0 Å². The Balaban J connectivity index is 2.16. The van der Waals surface area contributed by atoms with E-state index in [0.29, 0.717) is 12.5 Å². The summed E-state index contributed by atoms with van der Waals surface area (Å²) < 4.78 is 5.51. The Morgan fingerprint density at radius 1 is 1.33 bits per heavy atom. The first-order valence-electron chi connectivity index (χ1n) is 4.78. The van der Waals surface area contributed by atoms with Crippen LogP contribution in [0.4, 0.5) is 0 Å². The molecule has 2 rings (SSSR count). The van der Waals surface area contributed by atoms with Crippen molar-refractivity contribution in [3.8, 4) is 5.75 Å². The lowest BCUT2D eigenvalue weighted by molar-refractivity contribution is 0.319. The molecule has 1 aromatic carbocycles. The standard InChI is InChI=1S/C11H11ClN2O/c12-4-1-5-15-10-2-3-11-9(6-10)7-13-8-14-11/h2-3,6-8H,1,4-5H2. The number of nitrogens with zero attached hydrogens (tertiary/aromatic N) is 2. The highest BCUT2D eigenvalue weighted by Gasteiger charge is 1.97. The summed E-state index contributed by atoms with van der Waals surface area (Å²) in [6.07, 6.45) is 4.16. The highest BCUT2D eigenvalue weighted by Crippen LogP contribution is 2.18. The lowest BCUT2D eigenvalue weighted by Crippen LogP contribution is -1.97. The van der Waals surface area contributed by atoms with Gasteiger partial charge in [0.2, 0.25) is 0 Å². The number of rotatable bonds is 4. The third kappa shape index (κ3) is 2.57. The highest BCUT2D eigenvalue weighted by atomic mass is 35.5. The Morgan fingerprint density at radius 2 is 2.27 bits per heavy atom. The zero-order valence-corrected chi connectivity index (χ0v) is 8.94. The minimum atomic E-state index is 0.622. The van der Waals surface area contributed by atoms with Gasteiger partial charge in [0.05, 0.1) is 12.1 Å². The van der Waals surface area contributed by atoms with E-state index in [2.05, 4.69) is 9.97 Å².